The van der Waals surface area contributed by atoms with Crippen LogP contribution in [0, 0.1) is 0 Å². The van der Waals surface area contributed by atoms with E-state index in [9.17, 15) is 9.59 Å². The first-order valence-electron chi connectivity index (χ1n) is 17.0. The molecule has 0 aliphatic carbocycles. The maximum Gasteiger partial charge on any atom is 0.306 e. The van der Waals surface area contributed by atoms with E-state index >= 15 is 0 Å². The molecule has 0 amide bonds. The van der Waals surface area contributed by atoms with Crippen molar-refractivity contribution < 1.29 is 19.4 Å². The predicted octanol–water partition coefficient (Wildman–Crippen LogP) is 11.3. The molecule has 0 saturated heterocycles. The number of rotatable bonds is 31. The summed E-state index contributed by atoms with van der Waals surface area (Å²) in [5.74, 6) is -0.696. The van der Waals surface area contributed by atoms with Crippen LogP contribution in [0.15, 0.2) is 0 Å². The van der Waals surface area contributed by atoms with Crippen LogP contribution in [0.2, 0.25) is 0 Å². The lowest BCUT2D eigenvalue weighted by atomic mass is 10.0. The van der Waals surface area contributed by atoms with Crippen molar-refractivity contribution in [2.24, 2.45) is 0 Å². The van der Waals surface area contributed by atoms with E-state index in [-0.39, 0.29) is 18.5 Å². The summed E-state index contributed by atoms with van der Waals surface area (Å²) in [5, 5.41) is 8.76. The molecule has 0 heterocycles. The number of aliphatic carboxylic acids is 1. The summed E-state index contributed by atoms with van der Waals surface area (Å²) in [6, 6.07) is 0. The molecule has 0 aliphatic rings. The lowest BCUT2D eigenvalue weighted by Crippen LogP contribution is -2.18. The molecule has 1 unspecified atom stereocenters. The molecule has 0 aromatic rings. The first-order valence-corrected chi connectivity index (χ1v) is 17.0. The van der Waals surface area contributed by atoms with Gasteiger partial charge < -0.3 is 9.84 Å². The molecule has 0 radical (unpaired) electrons. The van der Waals surface area contributed by atoms with Gasteiger partial charge in [-0.25, -0.2) is 0 Å². The topological polar surface area (TPSA) is 63.6 Å². The second kappa shape index (κ2) is 30.5. The summed E-state index contributed by atoms with van der Waals surface area (Å²) in [6.07, 6.45) is 33.9. The van der Waals surface area contributed by atoms with Crippen LogP contribution in [0.25, 0.3) is 0 Å². The summed E-state index contributed by atoms with van der Waals surface area (Å²) < 4.78 is 5.95. The Morgan fingerprint density at radius 3 is 1.16 bits per heavy atom. The van der Waals surface area contributed by atoms with Gasteiger partial charge in [0.2, 0.25) is 0 Å². The molecule has 0 bridgehead atoms. The first-order chi connectivity index (χ1) is 18.6. The third-order valence-corrected chi connectivity index (χ3v) is 7.83. The summed E-state index contributed by atoms with van der Waals surface area (Å²) >= 11 is 0. The fourth-order valence-electron chi connectivity index (χ4n) is 5.30. The fraction of sp³-hybridized carbons (Fsp3) is 0.941. The van der Waals surface area contributed by atoms with Crippen molar-refractivity contribution in [1.82, 2.24) is 0 Å². The normalized spacial score (nSPS) is 12.1. The van der Waals surface area contributed by atoms with Crippen LogP contribution in [0.4, 0.5) is 0 Å². The van der Waals surface area contributed by atoms with Gasteiger partial charge in [0.1, 0.15) is 6.10 Å². The molecule has 4 nitrogen and oxygen atoms in total. The highest BCUT2D eigenvalue weighted by Gasteiger charge is 2.14. The number of carboxylic acid groups (broad SMARTS) is 1. The first kappa shape index (κ1) is 36.9. The van der Waals surface area contributed by atoms with Crippen LogP contribution in [-0.4, -0.2) is 23.1 Å². The minimum atomic E-state index is -0.699. The summed E-state index contributed by atoms with van der Waals surface area (Å²) in [7, 11) is 0. The van der Waals surface area contributed by atoms with Crippen LogP contribution in [0.1, 0.15) is 200 Å². The molecule has 38 heavy (non-hydrogen) atoms. The number of ether oxygens (including phenoxy) is 1. The maximum absolute atomic E-state index is 12.5. The van der Waals surface area contributed by atoms with Gasteiger partial charge in [-0.2, -0.15) is 0 Å². The predicted molar refractivity (Wildman–Crippen MR) is 163 cm³/mol. The minimum absolute atomic E-state index is 0.00287. The zero-order valence-corrected chi connectivity index (χ0v) is 25.8. The van der Waals surface area contributed by atoms with Crippen molar-refractivity contribution in [3.8, 4) is 0 Å². The van der Waals surface area contributed by atoms with Crippen molar-refractivity contribution in [3.05, 3.63) is 0 Å². The Hall–Kier alpha value is -1.06. The highest BCUT2D eigenvalue weighted by Crippen LogP contribution is 2.19. The van der Waals surface area contributed by atoms with E-state index in [0.29, 0.717) is 6.42 Å². The molecule has 1 N–H and O–H groups in total. The van der Waals surface area contributed by atoms with Crippen molar-refractivity contribution in [2.75, 3.05) is 0 Å². The van der Waals surface area contributed by atoms with Crippen LogP contribution in [-0.2, 0) is 14.3 Å². The van der Waals surface area contributed by atoms with E-state index in [1.54, 1.807) is 0 Å². The van der Waals surface area contributed by atoms with Crippen LogP contribution in [0.3, 0.4) is 0 Å². The second-order valence-electron chi connectivity index (χ2n) is 11.7. The molecule has 1 atom stereocenters. The molecule has 226 valence electrons. The van der Waals surface area contributed by atoms with Crippen molar-refractivity contribution in [1.29, 1.82) is 0 Å². The Morgan fingerprint density at radius 2 is 0.789 bits per heavy atom. The Bertz CT molecular complexity index is 505. The molecule has 0 fully saturated rings. The van der Waals surface area contributed by atoms with E-state index in [0.717, 1.165) is 64.2 Å². The van der Waals surface area contributed by atoms with Gasteiger partial charge >= 0.3 is 11.9 Å². The Morgan fingerprint density at radius 1 is 0.474 bits per heavy atom. The molecule has 0 rings (SSSR count). The molecule has 0 saturated carbocycles. The quantitative estimate of drug-likeness (QED) is 0.0704. The van der Waals surface area contributed by atoms with Crippen molar-refractivity contribution in [3.63, 3.8) is 0 Å². The maximum atomic E-state index is 12.5. The van der Waals surface area contributed by atoms with Crippen LogP contribution < -0.4 is 0 Å². The molecule has 0 spiro atoms. The monoisotopic (exact) mass is 538 g/mol. The lowest BCUT2D eigenvalue weighted by Gasteiger charge is -2.18. The summed E-state index contributed by atoms with van der Waals surface area (Å²) in [6.45, 7) is 4.53. The third-order valence-electron chi connectivity index (χ3n) is 7.83. The molecule has 0 aromatic heterocycles. The Kier molecular flexibility index (Phi) is 29.6. The zero-order chi connectivity index (χ0) is 27.9. The van der Waals surface area contributed by atoms with Gasteiger partial charge in [0.05, 0.1) is 0 Å². The molecule has 0 aliphatic heterocycles. The highest BCUT2D eigenvalue weighted by atomic mass is 16.5. The summed E-state index contributed by atoms with van der Waals surface area (Å²) in [5.41, 5.74) is 0. The van der Waals surface area contributed by atoms with Crippen molar-refractivity contribution >= 4 is 11.9 Å². The number of carboxylic acids is 1. The van der Waals surface area contributed by atoms with Crippen LogP contribution in [0.5, 0.6) is 0 Å². The molecule has 0 aromatic carbocycles. The van der Waals surface area contributed by atoms with E-state index in [4.69, 9.17) is 9.84 Å². The standard InChI is InChI=1S/C34H66O4/c1-3-5-7-9-11-13-14-15-16-18-23-27-31-34(37)38-32(28-24-20-17-12-10-8-6-4-2)29-25-21-19-22-26-30-33(35)36/h32H,3-31H2,1-2H3,(H,35,36). The molecular weight excluding hydrogens is 472 g/mol. The number of hydrogen-bond acceptors (Lipinski definition) is 3. The number of hydrogen-bond donors (Lipinski definition) is 1. The minimum Gasteiger partial charge on any atom is -0.481 e. The number of esters is 1. The van der Waals surface area contributed by atoms with Gasteiger partial charge in [-0.3, -0.25) is 9.59 Å². The van der Waals surface area contributed by atoms with Gasteiger partial charge in [-0.15, -0.1) is 0 Å². The number of unbranched alkanes of at least 4 members (excludes halogenated alkanes) is 22. The summed E-state index contributed by atoms with van der Waals surface area (Å²) in [4.78, 5) is 23.2. The van der Waals surface area contributed by atoms with Gasteiger partial charge in [-0.05, 0) is 38.5 Å². The van der Waals surface area contributed by atoms with Crippen LogP contribution >= 0.6 is 0 Å². The van der Waals surface area contributed by atoms with E-state index in [1.165, 1.54) is 109 Å². The largest absolute Gasteiger partial charge is 0.481 e. The average molecular weight is 539 g/mol. The number of carbonyl (C=O) groups excluding carboxylic acids is 1. The lowest BCUT2D eigenvalue weighted by molar-refractivity contribution is -0.150. The molecule has 4 heteroatoms. The van der Waals surface area contributed by atoms with Gasteiger partial charge in [0.25, 0.3) is 0 Å². The SMILES string of the molecule is CCCCCCCCCCCCCCC(=O)OC(CCCCCCCCCC)CCCCCCCC(=O)O. The number of carbonyl (C=O) groups is 2. The van der Waals surface area contributed by atoms with Gasteiger partial charge in [0.15, 0.2) is 0 Å². The average Bonchev–Trinajstić information content (AvgIpc) is 2.89. The highest BCUT2D eigenvalue weighted by molar-refractivity contribution is 5.69. The fourth-order valence-corrected chi connectivity index (χ4v) is 5.30. The Labute approximate surface area is 237 Å². The zero-order valence-electron chi connectivity index (χ0n) is 25.8. The smallest absolute Gasteiger partial charge is 0.306 e. The van der Waals surface area contributed by atoms with Crippen molar-refractivity contribution in [2.45, 2.75) is 206 Å². The van der Waals surface area contributed by atoms with Gasteiger partial charge in [-0.1, -0.05) is 149 Å². The van der Waals surface area contributed by atoms with Gasteiger partial charge in [0, 0.05) is 12.8 Å². The second-order valence-corrected chi connectivity index (χ2v) is 11.7. The van der Waals surface area contributed by atoms with E-state index in [1.807, 2.05) is 0 Å². The Balaban J connectivity index is 3.99. The molecular formula is C34H66O4. The van der Waals surface area contributed by atoms with E-state index < -0.39 is 5.97 Å². The van der Waals surface area contributed by atoms with E-state index in [2.05, 4.69) is 13.8 Å². The third kappa shape index (κ3) is 29.5.